The highest BCUT2D eigenvalue weighted by Gasteiger charge is 2.03. The molecular weight excluding hydrogens is 354 g/mol. The Labute approximate surface area is 143 Å². The number of halogens is 1. The molecule has 0 aliphatic carbocycles. The summed E-state index contributed by atoms with van der Waals surface area (Å²) in [5.41, 5.74) is 3.26. The van der Waals surface area contributed by atoms with Gasteiger partial charge < -0.3 is 10.6 Å². The van der Waals surface area contributed by atoms with Crippen molar-refractivity contribution < 1.29 is 0 Å². The van der Waals surface area contributed by atoms with Crippen LogP contribution in [0.25, 0.3) is 0 Å². The van der Waals surface area contributed by atoms with Crippen LogP contribution in [0.4, 0.5) is 17.3 Å². The average molecular weight is 370 g/mol. The molecule has 0 fully saturated rings. The first-order valence-corrected chi connectivity index (χ1v) is 7.98. The molecule has 0 radical (unpaired) electrons. The van der Waals surface area contributed by atoms with E-state index in [0.29, 0.717) is 6.54 Å². The van der Waals surface area contributed by atoms with E-state index in [9.17, 15) is 0 Å². The SMILES string of the molecule is Cc1cc(Br)ccc1Nc1cc(NCc2cccnc2)ncn1. The second-order valence-corrected chi connectivity index (χ2v) is 6.00. The lowest BCUT2D eigenvalue weighted by Gasteiger charge is -2.11. The van der Waals surface area contributed by atoms with Crippen molar-refractivity contribution in [1.29, 1.82) is 0 Å². The number of aryl methyl sites for hydroxylation is 1. The molecular formula is C17H16BrN5. The molecule has 0 aliphatic heterocycles. The third kappa shape index (κ3) is 4.26. The molecule has 0 spiro atoms. The van der Waals surface area contributed by atoms with Gasteiger partial charge in [0.25, 0.3) is 0 Å². The summed E-state index contributed by atoms with van der Waals surface area (Å²) in [7, 11) is 0. The van der Waals surface area contributed by atoms with Crippen LogP contribution in [0.1, 0.15) is 11.1 Å². The topological polar surface area (TPSA) is 62.7 Å². The summed E-state index contributed by atoms with van der Waals surface area (Å²) in [6, 6.07) is 11.9. The van der Waals surface area contributed by atoms with Gasteiger partial charge in [-0.3, -0.25) is 4.98 Å². The van der Waals surface area contributed by atoms with Crippen LogP contribution >= 0.6 is 15.9 Å². The van der Waals surface area contributed by atoms with Gasteiger partial charge in [0.05, 0.1) is 0 Å². The highest BCUT2D eigenvalue weighted by Crippen LogP contribution is 2.23. The van der Waals surface area contributed by atoms with E-state index in [-0.39, 0.29) is 0 Å². The first-order valence-electron chi connectivity index (χ1n) is 7.19. The van der Waals surface area contributed by atoms with Gasteiger partial charge >= 0.3 is 0 Å². The number of hydrogen-bond acceptors (Lipinski definition) is 5. The van der Waals surface area contributed by atoms with E-state index < -0.39 is 0 Å². The van der Waals surface area contributed by atoms with E-state index >= 15 is 0 Å². The maximum Gasteiger partial charge on any atom is 0.135 e. The van der Waals surface area contributed by atoms with Gasteiger partial charge in [0.2, 0.25) is 0 Å². The lowest BCUT2D eigenvalue weighted by Crippen LogP contribution is -2.03. The molecule has 2 aromatic heterocycles. The van der Waals surface area contributed by atoms with Crippen LogP contribution < -0.4 is 10.6 Å². The zero-order valence-corrected chi connectivity index (χ0v) is 14.2. The quantitative estimate of drug-likeness (QED) is 0.701. The van der Waals surface area contributed by atoms with Crippen molar-refractivity contribution in [1.82, 2.24) is 15.0 Å². The van der Waals surface area contributed by atoms with E-state index in [1.165, 1.54) is 0 Å². The van der Waals surface area contributed by atoms with Crippen LogP contribution in [0, 0.1) is 6.92 Å². The zero-order chi connectivity index (χ0) is 16.1. The lowest BCUT2D eigenvalue weighted by molar-refractivity contribution is 1.07. The Morgan fingerprint density at radius 1 is 1.09 bits per heavy atom. The minimum atomic E-state index is 0.668. The number of nitrogens with zero attached hydrogens (tertiary/aromatic N) is 3. The molecule has 1 aromatic carbocycles. The molecule has 0 atom stereocenters. The monoisotopic (exact) mass is 369 g/mol. The number of aromatic nitrogens is 3. The molecule has 6 heteroatoms. The predicted molar refractivity (Wildman–Crippen MR) is 95.8 cm³/mol. The Hall–Kier alpha value is -2.47. The fourth-order valence-electron chi connectivity index (χ4n) is 2.12. The molecule has 0 amide bonds. The summed E-state index contributed by atoms with van der Waals surface area (Å²) < 4.78 is 1.06. The van der Waals surface area contributed by atoms with Crippen molar-refractivity contribution in [3.05, 3.63) is 70.7 Å². The Morgan fingerprint density at radius 2 is 1.96 bits per heavy atom. The van der Waals surface area contributed by atoms with Gasteiger partial charge in [0, 0.05) is 35.2 Å². The zero-order valence-electron chi connectivity index (χ0n) is 12.6. The van der Waals surface area contributed by atoms with Crippen molar-refractivity contribution in [2.75, 3.05) is 10.6 Å². The molecule has 2 heterocycles. The van der Waals surface area contributed by atoms with Gasteiger partial charge in [-0.1, -0.05) is 22.0 Å². The molecule has 23 heavy (non-hydrogen) atoms. The van der Waals surface area contributed by atoms with Crippen molar-refractivity contribution >= 4 is 33.3 Å². The van der Waals surface area contributed by atoms with Gasteiger partial charge in [-0.25, -0.2) is 9.97 Å². The number of pyridine rings is 1. The van der Waals surface area contributed by atoms with Crippen LogP contribution in [0.5, 0.6) is 0 Å². The fraction of sp³-hybridized carbons (Fsp3) is 0.118. The molecule has 0 saturated heterocycles. The number of benzene rings is 1. The average Bonchev–Trinajstić information content (AvgIpc) is 2.57. The molecule has 0 bridgehead atoms. The summed E-state index contributed by atoms with van der Waals surface area (Å²) in [6.07, 6.45) is 5.14. The van der Waals surface area contributed by atoms with E-state index in [2.05, 4.69) is 54.5 Å². The first-order chi connectivity index (χ1) is 11.2. The van der Waals surface area contributed by atoms with Gasteiger partial charge in [-0.15, -0.1) is 0 Å². The number of nitrogens with one attached hydrogen (secondary N) is 2. The van der Waals surface area contributed by atoms with Crippen molar-refractivity contribution in [2.24, 2.45) is 0 Å². The van der Waals surface area contributed by atoms with Gasteiger partial charge in [0.1, 0.15) is 18.0 Å². The van der Waals surface area contributed by atoms with Crippen molar-refractivity contribution in [3.63, 3.8) is 0 Å². The Kier molecular flexibility index (Phi) is 4.83. The molecule has 0 unspecified atom stereocenters. The van der Waals surface area contributed by atoms with Crippen molar-refractivity contribution in [3.8, 4) is 0 Å². The van der Waals surface area contributed by atoms with Crippen LogP contribution in [0.15, 0.2) is 59.6 Å². The molecule has 3 rings (SSSR count). The van der Waals surface area contributed by atoms with Crippen LogP contribution in [-0.2, 0) is 6.54 Å². The van der Waals surface area contributed by atoms with Crippen LogP contribution in [0.2, 0.25) is 0 Å². The number of anilines is 3. The van der Waals surface area contributed by atoms with E-state index in [1.807, 2.05) is 36.5 Å². The normalized spacial score (nSPS) is 10.3. The lowest BCUT2D eigenvalue weighted by atomic mass is 10.2. The summed E-state index contributed by atoms with van der Waals surface area (Å²) in [6.45, 7) is 2.72. The molecule has 116 valence electrons. The number of hydrogen-bond donors (Lipinski definition) is 2. The van der Waals surface area contributed by atoms with E-state index in [1.54, 1.807) is 12.5 Å². The van der Waals surface area contributed by atoms with Gasteiger partial charge in [0.15, 0.2) is 0 Å². The molecule has 3 aromatic rings. The number of rotatable bonds is 5. The van der Waals surface area contributed by atoms with E-state index in [4.69, 9.17) is 0 Å². The Morgan fingerprint density at radius 3 is 2.74 bits per heavy atom. The van der Waals surface area contributed by atoms with Gasteiger partial charge in [-0.05, 0) is 42.3 Å². The largest absolute Gasteiger partial charge is 0.366 e. The third-order valence-corrected chi connectivity index (χ3v) is 3.81. The van der Waals surface area contributed by atoms with Crippen molar-refractivity contribution in [2.45, 2.75) is 13.5 Å². The first kappa shape index (κ1) is 15.4. The molecule has 0 saturated carbocycles. The maximum absolute atomic E-state index is 4.27. The second kappa shape index (κ2) is 7.19. The standard InChI is InChI=1S/C17H16BrN5/c1-12-7-14(18)4-5-15(12)23-17-8-16(21-11-22-17)20-10-13-3-2-6-19-9-13/h2-9,11H,10H2,1H3,(H2,20,21,22,23). The van der Waals surface area contributed by atoms with Gasteiger partial charge in [-0.2, -0.15) is 0 Å². The van der Waals surface area contributed by atoms with Crippen LogP contribution in [0.3, 0.4) is 0 Å². The summed E-state index contributed by atoms with van der Waals surface area (Å²) in [4.78, 5) is 12.6. The summed E-state index contributed by atoms with van der Waals surface area (Å²) >= 11 is 3.47. The molecule has 2 N–H and O–H groups in total. The molecule has 0 aliphatic rings. The predicted octanol–water partition coefficient (Wildman–Crippen LogP) is 4.30. The minimum absolute atomic E-state index is 0.668. The highest BCUT2D eigenvalue weighted by molar-refractivity contribution is 9.10. The second-order valence-electron chi connectivity index (χ2n) is 5.09. The smallest absolute Gasteiger partial charge is 0.135 e. The summed E-state index contributed by atoms with van der Waals surface area (Å²) in [5.74, 6) is 1.51. The fourth-order valence-corrected chi connectivity index (χ4v) is 2.60. The molecule has 5 nitrogen and oxygen atoms in total. The Balaban J connectivity index is 1.69. The highest BCUT2D eigenvalue weighted by atomic mass is 79.9. The Bertz CT molecular complexity index is 792. The maximum atomic E-state index is 4.27. The van der Waals surface area contributed by atoms with Crippen LogP contribution in [-0.4, -0.2) is 15.0 Å². The third-order valence-electron chi connectivity index (χ3n) is 3.31. The summed E-state index contributed by atoms with van der Waals surface area (Å²) in [5, 5.41) is 6.59. The van der Waals surface area contributed by atoms with E-state index in [0.717, 1.165) is 32.9 Å². The minimum Gasteiger partial charge on any atom is -0.366 e.